The number of rotatable bonds is 5. The summed E-state index contributed by atoms with van der Waals surface area (Å²) >= 11 is 0. The van der Waals surface area contributed by atoms with Crippen molar-refractivity contribution >= 4 is 16.7 Å². The van der Waals surface area contributed by atoms with Crippen molar-refractivity contribution in [3.05, 3.63) is 84.4 Å². The van der Waals surface area contributed by atoms with Crippen molar-refractivity contribution in [1.29, 1.82) is 0 Å². The highest BCUT2D eigenvalue weighted by atomic mass is 16.1. The van der Waals surface area contributed by atoms with Crippen LogP contribution in [0.1, 0.15) is 11.1 Å². The zero-order chi connectivity index (χ0) is 18.6. The number of carbonyl (C=O) groups excluding carboxylic acids is 1. The Kier molecular flexibility index (Phi) is 4.66. The first-order valence-corrected chi connectivity index (χ1v) is 8.85. The molecule has 0 atom stereocenters. The predicted octanol–water partition coefficient (Wildman–Crippen LogP) is 3.49. The largest absolute Gasteiger partial charge is 0.352 e. The number of hydrogen-bond donors (Lipinski definition) is 1. The van der Waals surface area contributed by atoms with Crippen molar-refractivity contribution in [2.45, 2.75) is 13.0 Å². The van der Waals surface area contributed by atoms with Gasteiger partial charge in [-0.2, -0.15) is 5.10 Å². The minimum absolute atomic E-state index is 0.00173. The maximum absolute atomic E-state index is 12.4. The van der Waals surface area contributed by atoms with E-state index in [9.17, 15) is 4.79 Å². The Morgan fingerprint density at radius 1 is 1.04 bits per heavy atom. The number of carbonyl (C=O) groups is 1. The highest BCUT2D eigenvalue weighted by molar-refractivity contribution is 5.90. The molecule has 0 saturated heterocycles. The summed E-state index contributed by atoms with van der Waals surface area (Å²) < 4.78 is 1.76. The van der Waals surface area contributed by atoms with Crippen LogP contribution in [0.5, 0.6) is 0 Å². The Hall–Kier alpha value is -3.47. The van der Waals surface area contributed by atoms with Gasteiger partial charge in [-0.3, -0.25) is 14.5 Å². The normalized spacial score (nSPS) is 10.9. The number of nitrogens with zero attached hydrogens (tertiary/aromatic N) is 3. The van der Waals surface area contributed by atoms with Gasteiger partial charge in [0.2, 0.25) is 5.91 Å². The number of pyridine rings is 1. The summed E-state index contributed by atoms with van der Waals surface area (Å²) in [6.45, 7) is 0.449. The van der Waals surface area contributed by atoms with Crippen LogP contribution in [-0.4, -0.2) is 20.7 Å². The average Bonchev–Trinajstić information content (AvgIpc) is 3.13. The van der Waals surface area contributed by atoms with Gasteiger partial charge >= 0.3 is 0 Å². The lowest BCUT2D eigenvalue weighted by Crippen LogP contribution is -2.24. The predicted molar refractivity (Wildman–Crippen MR) is 106 cm³/mol. The Morgan fingerprint density at radius 3 is 2.74 bits per heavy atom. The Balaban J connectivity index is 1.43. The van der Waals surface area contributed by atoms with Crippen molar-refractivity contribution in [2.75, 3.05) is 0 Å². The number of benzene rings is 2. The van der Waals surface area contributed by atoms with Crippen molar-refractivity contribution in [3.63, 3.8) is 0 Å². The molecular formula is C22H20N4O. The van der Waals surface area contributed by atoms with Gasteiger partial charge in [-0.25, -0.2) is 0 Å². The molecule has 2 aromatic carbocycles. The number of hydrogen-bond acceptors (Lipinski definition) is 3. The molecule has 1 N–H and O–H groups in total. The Labute approximate surface area is 157 Å². The SMILES string of the molecule is Cn1cc(-c2cncc(CNC(=O)Cc3cccc4ccccc34)c2)cn1. The van der Waals surface area contributed by atoms with E-state index in [1.165, 1.54) is 0 Å². The summed E-state index contributed by atoms with van der Waals surface area (Å²) in [6.07, 6.45) is 7.69. The highest BCUT2D eigenvalue weighted by Crippen LogP contribution is 2.20. The quantitative estimate of drug-likeness (QED) is 0.595. The van der Waals surface area contributed by atoms with Gasteiger partial charge in [0.25, 0.3) is 0 Å². The van der Waals surface area contributed by atoms with Gasteiger partial charge in [-0.1, -0.05) is 42.5 Å². The molecule has 27 heavy (non-hydrogen) atoms. The van der Waals surface area contributed by atoms with Crippen LogP contribution < -0.4 is 5.32 Å². The lowest BCUT2D eigenvalue weighted by atomic mass is 10.0. The molecule has 0 spiro atoms. The maximum Gasteiger partial charge on any atom is 0.224 e. The van der Waals surface area contributed by atoms with Crippen molar-refractivity contribution in [1.82, 2.24) is 20.1 Å². The number of aryl methyl sites for hydroxylation is 1. The minimum atomic E-state index is -0.00173. The first kappa shape index (κ1) is 17.0. The molecule has 5 heteroatoms. The van der Waals surface area contributed by atoms with E-state index in [0.29, 0.717) is 13.0 Å². The lowest BCUT2D eigenvalue weighted by molar-refractivity contribution is -0.120. The second-order valence-electron chi connectivity index (χ2n) is 6.58. The highest BCUT2D eigenvalue weighted by Gasteiger charge is 2.08. The summed E-state index contributed by atoms with van der Waals surface area (Å²) in [5, 5.41) is 9.45. The molecule has 1 amide bonds. The number of amides is 1. The van der Waals surface area contributed by atoms with Crippen LogP contribution in [0.25, 0.3) is 21.9 Å². The minimum Gasteiger partial charge on any atom is -0.352 e. The fourth-order valence-corrected chi connectivity index (χ4v) is 3.20. The van der Waals surface area contributed by atoms with Crippen molar-refractivity contribution < 1.29 is 4.79 Å². The van der Waals surface area contributed by atoms with E-state index in [1.54, 1.807) is 23.3 Å². The van der Waals surface area contributed by atoms with Crippen LogP contribution >= 0.6 is 0 Å². The molecule has 134 valence electrons. The molecule has 0 unspecified atom stereocenters. The summed E-state index contributed by atoms with van der Waals surface area (Å²) in [7, 11) is 1.88. The molecule has 5 nitrogen and oxygen atoms in total. The van der Waals surface area contributed by atoms with Crippen LogP contribution in [0.3, 0.4) is 0 Å². The third kappa shape index (κ3) is 3.87. The number of aromatic nitrogens is 3. The Bertz CT molecular complexity index is 1090. The second-order valence-corrected chi connectivity index (χ2v) is 6.58. The van der Waals surface area contributed by atoms with Gasteiger partial charge in [0.05, 0.1) is 12.6 Å². The molecule has 0 aliphatic heterocycles. The van der Waals surface area contributed by atoms with E-state index in [2.05, 4.69) is 33.6 Å². The van der Waals surface area contributed by atoms with Crippen LogP contribution in [0.2, 0.25) is 0 Å². The first-order chi connectivity index (χ1) is 13.2. The van der Waals surface area contributed by atoms with Crippen molar-refractivity contribution in [2.24, 2.45) is 7.05 Å². The van der Waals surface area contributed by atoms with E-state index in [0.717, 1.165) is 33.0 Å². The van der Waals surface area contributed by atoms with Crippen molar-refractivity contribution in [3.8, 4) is 11.1 Å². The molecule has 2 aromatic heterocycles. The smallest absolute Gasteiger partial charge is 0.224 e. The molecule has 0 bridgehead atoms. The van der Waals surface area contributed by atoms with Gasteiger partial charge in [0, 0.05) is 43.3 Å². The summed E-state index contributed by atoms with van der Waals surface area (Å²) in [5.41, 5.74) is 3.99. The molecule has 2 heterocycles. The fourth-order valence-electron chi connectivity index (χ4n) is 3.20. The first-order valence-electron chi connectivity index (χ1n) is 8.85. The van der Waals surface area contributed by atoms with Gasteiger partial charge in [-0.05, 0) is 28.0 Å². The molecule has 0 aliphatic rings. The lowest BCUT2D eigenvalue weighted by Gasteiger charge is -2.08. The van der Waals surface area contributed by atoms with E-state index in [-0.39, 0.29) is 5.91 Å². The van der Waals surface area contributed by atoms with Crippen LogP contribution in [-0.2, 0) is 24.8 Å². The van der Waals surface area contributed by atoms with Gasteiger partial charge < -0.3 is 5.32 Å². The van der Waals surface area contributed by atoms with Crippen LogP contribution in [0.4, 0.5) is 0 Å². The van der Waals surface area contributed by atoms with E-state index in [4.69, 9.17) is 0 Å². The van der Waals surface area contributed by atoms with E-state index in [1.807, 2.05) is 43.6 Å². The van der Waals surface area contributed by atoms with Gasteiger partial charge in [0.15, 0.2) is 0 Å². The average molecular weight is 356 g/mol. The molecule has 4 rings (SSSR count). The third-order valence-corrected chi connectivity index (χ3v) is 4.55. The standard InChI is InChI=1S/C22H20N4O/c1-26-15-20(14-25-26)19-9-16(11-23-13-19)12-24-22(27)10-18-7-4-6-17-5-2-3-8-21(17)18/h2-9,11,13-15H,10,12H2,1H3,(H,24,27). The molecule has 0 fully saturated rings. The molecular weight excluding hydrogens is 336 g/mol. The van der Waals surface area contributed by atoms with E-state index >= 15 is 0 Å². The summed E-state index contributed by atoms with van der Waals surface area (Å²) in [6, 6.07) is 16.2. The zero-order valence-electron chi connectivity index (χ0n) is 15.1. The molecule has 0 aliphatic carbocycles. The molecule has 4 aromatic rings. The molecule has 0 saturated carbocycles. The van der Waals surface area contributed by atoms with Crippen LogP contribution in [0, 0.1) is 0 Å². The topological polar surface area (TPSA) is 59.8 Å². The maximum atomic E-state index is 12.4. The van der Waals surface area contributed by atoms with Crippen LogP contribution in [0.15, 0.2) is 73.3 Å². The van der Waals surface area contributed by atoms with Gasteiger partial charge in [-0.15, -0.1) is 0 Å². The fraction of sp³-hybridized carbons (Fsp3) is 0.136. The monoisotopic (exact) mass is 356 g/mol. The van der Waals surface area contributed by atoms with Gasteiger partial charge in [0.1, 0.15) is 0 Å². The Morgan fingerprint density at radius 2 is 1.89 bits per heavy atom. The summed E-state index contributed by atoms with van der Waals surface area (Å²) in [4.78, 5) is 16.7. The number of fused-ring (bicyclic) bond motifs is 1. The summed E-state index contributed by atoms with van der Waals surface area (Å²) in [5.74, 6) is -0.00173. The number of nitrogens with one attached hydrogen (secondary N) is 1. The zero-order valence-corrected chi connectivity index (χ0v) is 15.1. The molecule has 0 radical (unpaired) electrons. The van der Waals surface area contributed by atoms with E-state index < -0.39 is 0 Å². The third-order valence-electron chi connectivity index (χ3n) is 4.55. The second kappa shape index (κ2) is 7.41.